The fourth-order valence-electron chi connectivity index (χ4n) is 4.19. The molecule has 31 heavy (non-hydrogen) atoms. The maximum atomic E-state index is 11.6. The van der Waals surface area contributed by atoms with E-state index in [9.17, 15) is 5.21 Å². The van der Waals surface area contributed by atoms with E-state index in [1.165, 1.54) is 31.1 Å². The summed E-state index contributed by atoms with van der Waals surface area (Å²) in [5.41, 5.74) is 2.93. The number of fused-ring (bicyclic) bond motifs is 1. The van der Waals surface area contributed by atoms with E-state index in [-0.39, 0.29) is 0 Å². The Balaban J connectivity index is 1.64. The zero-order valence-corrected chi connectivity index (χ0v) is 19.0. The highest BCUT2D eigenvalue weighted by Crippen LogP contribution is 2.29. The zero-order valence-electron chi connectivity index (χ0n) is 18.2. The molecule has 9 heteroatoms. The van der Waals surface area contributed by atoms with Gasteiger partial charge in [-0.05, 0) is 50.2 Å². The highest BCUT2D eigenvalue weighted by molar-refractivity contribution is 7.93. The van der Waals surface area contributed by atoms with Crippen LogP contribution in [-0.4, -0.2) is 40.0 Å². The first-order valence-corrected chi connectivity index (χ1v) is 12.1. The van der Waals surface area contributed by atoms with Gasteiger partial charge in [0.15, 0.2) is 18.0 Å². The van der Waals surface area contributed by atoms with E-state index in [0.29, 0.717) is 12.6 Å². The minimum Gasteiger partial charge on any atom is -0.619 e. The Bertz CT molecular complexity index is 1010. The van der Waals surface area contributed by atoms with Crippen LogP contribution in [0, 0.1) is 5.21 Å². The van der Waals surface area contributed by atoms with Gasteiger partial charge in [-0.25, -0.2) is 4.98 Å². The largest absolute Gasteiger partial charge is 0.619 e. The molecule has 1 fully saturated rings. The second kappa shape index (κ2) is 10.2. The van der Waals surface area contributed by atoms with Gasteiger partial charge in [0.25, 0.3) is 0 Å². The van der Waals surface area contributed by atoms with Gasteiger partial charge in [0.05, 0.1) is 12.8 Å². The molecule has 1 aliphatic heterocycles. The third-order valence-corrected chi connectivity index (χ3v) is 6.20. The Morgan fingerprint density at radius 2 is 2.29 bits per heavy atom. The summed E-state index contributed by atoms with van der Waals surface area (Å²) in [7, 11) is 0. The molecule has 0 amide bonds. The molecule has 1 atom stereocenters. The van der Waals surface area contributed by atoms with Gasteiger partial charge in [-0.1, -0.05) is 6.92 Å². The molecule has 1 aliphatic rings. The van der Waals surface area contributed by atoms with Crippen molar-refractivity contribution in [1.29, 1.82) is 0 Å². The minimum atomic E-state index is 0.422. The lowest BCUT2D eigenvalue weighted by molar-refractivity contribution is -0.605. The highest BCUT2D eigenvalue weighted by atomic mass is 32.2. The van der Waals surface area contributed by atoms with Crippen LogP contribution in [0.5, 0.6) is 0 Å². The van der Waals surface area contributed by atoms with E-state index in [1.54, 1.807) is 12.3 Å². The van der Waals surface area contributed by atoms with Gasteiger partial charge in [-0.15, -0.1) is 0 Å². The molecule has 0 aromatic carbocycles. The summed E-state index contributed by atoms with van der Waals surface area (Å²) in [4.78, 5) is 7.45. The number of anilines is 2. The molecule has 1 saturated heterocycles. The lowest BCUT2D eigenvalue weighted by Gasteiger charge is -2.37. The van der Waals surface area contributed by atoms with Crippen LogP contribution in [0.15, 0.2) is 36.8 Å². The predicted molar refractivity (Wildman–Crippen MR) is 124 cm³/mol. The van der Waals surface area contributed by atoms with Crippen LogP contribution in [0.2, 0.25) is 0 Å². The molecule has 4 heterocycles. The molecule has 0 saturated carbocycles. The highest BCUT2D eigenvalue weighted by Gasteiger charge is 2.25. The number of rotatable bonds is 9. The van der Waals surface area contributed by atoms with E-state index in [0.717, 1.165) is 65.6 Å². The van der Waals surface area contributed by atoms with Crippen molar-refractivity contribution in [3.63, 3.8) is 0 Å². The van der Waals surface area contributed by atoms with E-state index in [2.05, 4.69) is 28.3 Å². The van der Waals surface area contributed by atoms with E-state index < -0.39 is 0 Å². The molecule has 0 aliphatic carbocycles. The van der Waals surface area contributed by atoms with Crippen molar-refractivity contribution in [2.45, 2.75) is 51.6 Å². The molecular formula is C22H30N6O2S. The number of hydrogen-bond acceptors (Lipinski definition) is 7. The number of aryl methyl sites for hydroxylation is 1. The minimum absolute atomic E-state index is 0.422. The van der Waals surface area contributed by atoms with E-state index >= 15 is 0 Å². The number of piperidine rings is 1. The summed E-state index contributed by atoms with van der Waals surface area (Å²) in [6.07, 6.45) is 12.4. The molecule has 0 radical (unpaired) electrons. The van der Waals surface area contributed by atoms with Gasteiger partial charge in [-0.2, -0.15) is 14.3 Å². The van der Waals surface area contributed by atoms with Gasteiger partial charge in [0, 0.05) is 48.6 Å². The number of aromatic nitrogens is 4. The van der Waals surface area contributed by atoms with Crippen LogP contribution in [0.3, 0.4) is 0 Å². The van der Waals surface area contributed by atoms with Gasteiger partial charge in [0.1, 0.15) is 11.6 Å². The van der Waals surface area contributed by atoms with Crippen LogP contribution in [0.25, 0.3) is 5.65 Å². The standard InChI is InChI=1S/C22H30N6O2S/c1-3-18-15-24-28-20(23-14-17-7-6-10-26(29)16-17)13-21(25-22(18)28)27-11-5-4-8-19(27)9-12-30-31-2/h6-7,10,13,15-16,19,23H,3-5,8-9,11-12,14H2,1-2H3. The maximum Gasteiger partial charge on any atom is 0.185 e. The second-order valence-electron chi connectivity index (χ2n) is 7.80. The molecule has 1 N–H and O–H groups in total. The van der Waals surface area contributed by atoms with E-state index in [1.807, 2.05) is 23.0 Å². The van der Waals surface area contributed by atoms with Gasteiger partial charge >= 0.3 is 0 Å². The first kappa shape index (κ1) is 21.7. The lowest BCUT2D eigenvalue weighted by Crippen LogP contribution is -2.40. The predicted octanol–water partition coefficient (Wildman–Crippen LogP) is 3.58. The van der Waals surface area contributed by atoms with Crippen molar-refractivity contribution in [3.8, 4) is 0 Å². The van der Waals surface area contributed by atoms with Crippen LogP contribution < -0.4 is 14.9 Å². The van der Waals surface area contributed by atoms with Crippen molar-refractivity contribution < 1.29 is 8.91 Å². The zero-order chi connectivity index (χ0) is 21.6. The molecule has 166 valence electrons. The number of hydrogen-bond donors (Lipinski definition) is 1. The van der Waals surface area contributed by atoms with Crippen LogP contribution in [0.1, 0.15) is 43.7 Å². The summed E-state index contributed by atoms with van der Waals surface area (Å²) in [6, 6.07) is 6.20. The lowest BCUT2D eigenvalue weighted by atomic mass is 9.99. The number of nitrogens with one attached hydrogen (secondary N) is 1. The third kappa shape index (κ3) is 5.04. The van der Waals surface area contributed by atoms with Crippen molar-refractivity contribution in [1.82, 2.24) is 14.6 Å². The van der Waals surface area contributed by atoms with Crippen molar-refractivity contribution in [2.75, 3.05) is 29.6 Å². The number of pyridine rings is 1. The average Bonchev–Trinajstić information content (AvgIpc) is 3.21. The molecular weight excluding hydrogens is 412 g/mol. The molecule has 3 aromatic heterocycles. The fraction of sp³-hybridized carbons (Fsp3) is 0.500. The Morgan fingerprint density at radius 1 is 1.39 bits per heavy atom. The Kier molecular flexibility index (Phi) is 7.14. The second-order valence-corrected chi connectivity index (χ2v) is 8.37. The average molecular weight is 443 g/mol. The molecule has 0 spiro atoms. The van der Waals surface area contributed by atoms with Crippen LogP contribution >= 0.6 is 12.0 Å². The molecule has 1 unspecified atom stereocenters. The fourth-order valence-corrected chi connectivity index (χ4v) is 4.45. The normalized spacial score (nSPS) is 16.7. The first-order valence-electron chi connectivity index (χ1n) is 10.9. The summed E-state index contributed by atoms with van der Waals surface area (Å²) < 4.78 is 8.24. The topological polar surface area (TPSA) is 81.6 Å². The van der Waals surface area contributed by atoms with Crippen LogP contribution in [-0.2, 0) is 17.1 Å². The molecule has 4 rings (SSSR count). The third-order valence-electron chi connectivity index (χ3n) is 5.80. The smallest absolute Gasteiger partial charge is 0.185 e. The van der Waals surface area contributed by atoms with Crippen molar-refractivity contribution in [2.24, 2.45) is 0 Å². The summed E-state index contributed by atoms with van der Waals surface area (Å²) in [5.74, 6) is 1.86. The summed E-state index contributed by atoms with van der Waals surface area (Å²) >= 11 is 1.42. The number of nitrogens with zero attached hydrogens (tertiary/aromatic N) is 5. The monoisotopic (exact) mass is 442 g/mol. The van der Waals surface area contributed by atoms with Crippen LogP contribution in [0.4, 0.5) is 11.6 Å². The quantitative estimate of drug-likeness (QED) is 0.235. The molecule has 3 aromatic rings. The molecule has 8 nitrogen and oxygen atoms in total. The van der Waals surface area contributed by atoms with Gasteiger partial charge < -0.3 is 19.6 Å². The maximum absolute atomic E-state index is 11.6. The van der Waals surface area contributed by atoms with Gasteiger partial charge in [0.2, 0.25) is 0 Å². The summed E-state index contributed by atoms with van der Waals surface area (Å²) in [6.45, 7) is 4.40. The Labute approximate surface area is 187 Å². The summed E-state index contributed by atoms with van der Waals surface area (Å²) in [5, 5.41) is 19.6. The van der Waals surface area contributed by atoms with E-state index in [4.69, 9.17) is 9.17 Å². The Morgan fingerprint density at radius 3 is 3.10 bits per heavy atom. The first-order chi connectivity index (χ1) is 15.2. The van der Waals surface area contributed by atoms with Gasteiger partial charge in [-0.3, -0.25) is 0 Å². The van der Waals surface area contributed by atoms with Crippen molar-refractivity contribution >= 4 is 29.3 Å². The van der Waals surface area contributed by atoms with Crippen molar-refractivity contribution in [3.05, 3.63) is 53.1 Å². The Hall–Kier alpha value is -2.52. The molecule has 0 bridgehead atoms. The SMILES string of the molecule is CCc1cnn2c(NCc3ccc[n+]([O-])c3)cc(N3CCCCC3CCOSC)nc12.